The minimum absolute atomic E-state index is 0.0524. The van der Waals surface area contributed by atoms with E-state index >= 15 is 0 Å². The van der Waals surface area contributed by atoms with Gasteiger partial charge in [0.15, 0.2) is 0 Å². The predicted octanol–water partition coefficient (Wildman–Crippen LogP) is 4.15. The number of piperazine rings is 1. The first-order valence-electron chi connectivity index (χ1n) is 10.5. The van der Waals surface area contributed by atoms with Crippen molar-refractivity contribution in [2.45, 2.75) is 42.9 Å². The number of hydrogen-bond donors (Lipinski definition) is 0. The fraction of sp³-hybridized carbons (Fsp3) is 0.455. The third-order valence-electron chi connectivity index (χ3n) is 6.26. The number of sulfonamides is 1. The Bertz CT molecular complexity index is 976. The average Bonchev–Trinajstić information content (AvgIpc) is 2.80. The molecule has 1 saturated heterocycles. The van der Waals surface area contributed by atoms with Crippen LogP contribution in [-0.4, -0.2) is 43.8 Å². The monoisotopic (exact) mass is 429 g/mol. The summed E-state index contributed by atoms with van der Waals surface area (Å²) >= 11 is 0. The van der Waals surface area contributed by atoms with Crippen molar-refractivity contribution >= 4 is 21.4 Å². The molecule has 0 amide bonds. The van der Waals surface area contributed by atoms with E-state index in [2.05, 4.69) is 4.90 Å². The first kappa shape index (κ1) is 20.8. The van der Waals surface area contributed by atoms with E-state index in [1.54, 1.807) is 24.3 Å². The molecule has 0 atom stereocenters. The molecule has 0 N–H and O–H groups in total. The van der Waals surface area contributed by atoms with Crippen molar-refractivity contribution in [3.05, 3.63) is 64.2 Å². The van der Waals surface area contributed by atoms with Crippen molar-refractivity contribution in [2.75, 3.05) is 31.1 Å². The van der Waals surface area contributed by atoms with Gasteiger partial charge in [-0.1, -0.05) is 31.4 Å². The lowest BCUT2D eigenvalue weighted by Gasteiger charge is -2.35. The van der Waals surface area contributed by atoms with Crippen LogP contribution in [0.3, 0.4) is 0 Å². The zero-order chi connectivity index (χ0) is 21.1. The molecular formula is C22H27N3O4S. The molecule has 160 valence electrons. The quantitative estimate of drug-likeness (QED) is 0.527. The smallest absolute Gasteiger partial charge is 0.269 e. The van der Waals surface area contributed by atoms with E-state index < -0.39 is 14.9 Å². The van der Waals surface area contributed by atoms with Crippen LogP contribution in [0, 0.1) is 10.1 Å². The number of hydrogen-bond acceptors (Lipinski definition) is 5. The molecule has 0 aromatic heterocycles. The maximum Gasteiger partial charge on any atom is 0.269 e. The first-order valence-corrected chi connectivity index (χ1v) is 12.0. The molecule has 0 bridgehead atoms. The Labute approximate surface area is 177 Å². The van der Waals surface area contributed by atoms with Gasteiger partial charge in [0.25, 0.3) is 5.69 Å². The fourth-order valence-electron chi connectivity index (χ4n) is 4.47. The Hall–Kier alpha value is -2.45. The number of benzene rings is 2. The van der Waals surface area contributed by atoms with Gasteiger partial charge in [-0.25, -0.2) is 8.42 Å². The third kappa shape index (κ3) is 4.34. The van der Waals surface area contributed by atoms with Crippen LogP contribution in [0.15, 0.2) is 53.4 Å². The summed E-state index contributed by atoms with van der Waals surface area (Å²) < 4.78 is 27.7. The first-order chi connectivity index (χ1) is 14.4. The molecule has 4 rings (SSSR count). The van der Waals surface area contributed by atoms with E-state index in [9.17, 15) is 18.5 Å². The second kappa shape index (κ2) is 8.73. The highest BCUT2D eigenvalue weighted by Gasteiger charge is 2.29. The predicted molar refractivity (Wildman–Crippen MR) is 116 cm³/mol. The number of rotatable bonds is 5. The molecule has 7 nitrogen and oxygen atoms in total. The van der Waals surface area contributed by atoms with Crippen LogP contribution >= 0.6 is 0 Å². The van der Waals surface area contributed by atoms with Gasteiger partial charge in [-0.2, -0.15) is 4.31 Å². The number of nitrogens with zero attached hydrogens (tertiary/aromatic N) is 3. The van der Waals surface area contributed by atoms with E-state index in [0.717, 1.165) is 5.69 Å². The van der Waals surface area contributed by atoms with E-state index in [4.69, 9.17) is 0 Å². The Morgan fingerprint density at radius 1 is 0.833 bits per heavy atom. The molecule has 30 heavy (non-hydrogen) atoms. The maximum absolute atomic E-state index is 13.1. The second-order valence-electron chi connectivity index (χ2n) is 8.07. The van der Waals surface area contributed by atoms with Crippen LogP contribution < -0.4 is 4.90 Å². The van der Waals surface area contributed by atoms with Crippen LogP contribution in [-0.2, 0) is 10.0 Å². The second-order valence-corrected chi connectivity index (χ2v) is 10.0. The molecule has 2 aromatic carbocycles. The van der Waals surface area contributed by atoms with Gasteiger partial charge in [0.2, 0.25) is 10.0 Å². The van der Waals surface area contributed by atoms with E-state index in [0.29, 0.717) is 37.0 Å². The average molecular weight is 430 g/mol. The topological polar surface area (TPSA) is 83.8 Å². The molecule has 0 unspecified atom stereocenters. The lowest BCUT2D eigenvalue weighted by atomic mass is 9.84. The van der Waals surface area contributed by atoms with Crippen LogP contribution in [0.4, 0.5) is 11.4 Å². The van der Waals surface area contributed by atoms with Crippen LogP contribution in [0.1, 0.15) is 43.6 Å². The Morgan fingerprint density at radius 3 is 2.00 bits per heavy atom. The molecule has 1 saturated carbocycles. The molecule has 0 radical (unpaired) electrons. The molecule has 0 spiro atoms. The van der Waals surface area contributed by atoms with Gasteiger partial charge in [-0.05, 0) is 48.6 Å². The van der Waals surface area contributed by atoms with Gasteiger partial charge in [0.1, 0.15) is 0 Å². The lowest BCUT2D eigenvalue weighted by molar-refractivity contribution is -0.384. The van der Waals surface area contributed by atoms with E-state index in [1.807, 2.05) is 12.1 Å². The molecule has 1 aliphatic carbocycles. The van der Waals surface area contributed by atoms with Crippen molar-refractivity contribution in [2.24, 2.45) is 0 Å². The molecule has 2 aliphatic rings. The van der Waals surface area contributed by atoms with Crippen LogP contribution in [0.25, 0.3) is 0 Å². The van der Waals surface area contributed by atoms with Crippen LogP contribution in [0.5, 0.6) is 0 Å². The summed E-state index contributed by atoms with van der Waals surface area (Å²) in [4.78, 5) is 12.8. The van der Waals surface area contributed by atoms with Crippen molar-refractivity contribution < 1.29 is 13.3 Å². The summed E-state index contributed by atoms with van der Waals surface area (Å²) in [5, 5.41) is 10.8. The van der Waals surface area contributed by atoms with Crippen molar-refractivity contribution in [1.29, 1.82) is 0 Å². The summed E-state index contributed by atoms with van der Waals surface area (Å²) in [7, 11) is -3.52. The van der Waals surface area contributed by atoms with Gasteiger partial charge < -0.3 is 4.90 Å². The molecular weight excluding hydrogens is 402 g/mol. The summed E-state index contributed by atoms with van der Waals surface area (Å²) in [5.74, 6) is 0.556. The fourth-order valence-corrected chi connectivity index (χ4v) is 5.89. The largest absolute Gasteiger partial charge is 0.369 e. The summed E-state index contributed by atoms with van der Waals surface area (Å²) in [6.45, 7) is 1.89. The van der Waals surface area contributed by atoms with Gasteiger partial charge in [0.05, 0.1) is 9.82 Å². The van der Waals surface area contributed by atoms with Gasteiger partial charge in [0, 0.05) is 44.0 Å². The zero-order valence-electron chi connectivity index (χ0n) is 16.9. The van der Waals surface area contributed by atoms with Crippen molar-refractivity contribution in [3.63, 3.8) is 0 Å². The SMILES string of the molecule is O=[N+]([O-])c1ccc(N2CCN(S(=O)(=O)c3ccc(C4CCCCC4)cc3)CC2)cc1. The molecule has 1 aliphatic heterocycles. The van der Waals surface area contributed by atoms with Crippen molar-refractivity contribution in [1.82, 2.24) is 4.31 Å². The lowest BCUT2D eigenvalue weighted by Crippen LogP contribution is -2.48. The molecule has 1 heterocycles. The van der Waals surface area contributed by atoms with Gasteiger partial charge in [-0.3, -0.25) is 10.1 Å². The molecule has 2 aromatic rings. The molecule has 8 heteroatoms. The number of anilines is 1. The third-order valence-corrected chi connectivity index (χ3v) is 8.17. The van der Waals surface area contributed by atoms with E-state index in [1.165, 1.54) is 54.1 Å². The summed E-state index contributed by atoms with van der Waals surface area (Å²) in [6.07, 6.45) is 6.19. The highest BCUT2D eigenvalue weighted by atomic mass is 32.2. The Kier molecular flexibility index (Phi) is 6.06. The number of nitro benzene ring substituents is 1. The summed E-state index contributed by atoms with van der Waals surface area (Å²) in [6, 6.07) is 13.9. The molecule has 2 fully saturated rings. The standard InChI is InChI=1S/C22H27N3O4S/c26-25(27)21-10-8-20(9-11-21)23-14-16-24(17-15-23)30(28,29)22-12-6-19(7-13-22)18-4-2-1-3-5-18/h6-13,18H,1-5,14-17H2. The van der Waals surface area contributed by atoms with E-state index in [-0.39, 0.29) is 5.69 Å². The zero-order valence-corrected chi connectivity index (χ0v) is 17.8. The minimum Gasteiger partial charge on any atom is -0.369 e. The number of non-ortho nitro benzene ring substituents is 1. The minimum atomic E-state index is -3.52. The highest BCUT2D eigenvalue weighted by Crippen LogP contribution is 2.33. The highest BCUT2D eigenvalue weighted by molar-refractivity contribution is 7.89. The summed E-state index contributed by atoms with van der Waals surface area (Å²) in [5.41, 5.74) is 2.17. The Balaban J connectivity index is 1.40. The maximum atomic E-state index is 13.1. The normalized spacial score (nSPS) is 19.0. The van der Waals surface area contributed by atoms with Crippen LogP contribution in [0.2, 0.25) is 0 Å². The Morgan fingerprint density at radius 2 is 1.43 bits per heavy atom. The number of nitro groups is 1. The van der Waals surface area contributed by atoms with Gasteiger partial charge >= 0.3 is 0 Å². The van der Waals surface area contributed by atoms with Crippen molar-refractivity contribution in [3.8, 4) is 0 Å². The van der Waals surface area contributed by atoms with Gasteiger partial charge in [-0.15, -0.1) is 0 Å².